The lowest BCUT2D eigenvalue weighted by molar-refractivity contribution is -0.110. The number of rotatable bonds is 4. The molecule has 0 aromatic rings. The lowest BCUT2D eigenvalue weighted by atomic mass is 10.2. The number of carbonyl (C=O) groups is 1. The van der Waals surface area contributed by atoms with Gasteiger partial charge >= 0.3 is 0 Å². The highest BCUT2D eigenvalue weighted by Gasteiger charge is 2.15. The summed E-state index contributed by atoms with van der Waals surface area (Å²) in [6.45, 7) is -0.644. The second-order valence-corrected chi connectivity index (χ2v) is 1.67. The van der Waals surface area contributed by atoms with Crippen molar-refractivity contribution in [2.75, 3.05) is 6.61 Å². The number of aliphatic hydroxyl groups excluding tert-OH is 2. The Labute approximate surface area is 52.1 Å². The molecule has 0 spiro atoms. The van der Waals surface area contributed by atoms with Crippen LogP contribution in [-0.2, 0) is 4.79 Å². The van der Waals surface area contributed by atoms with Crippen LogP contribution in [0.25, 0.3) is 0 Å². The Bertz CT molecular complexity index is 86.3. The maximum Gasteiger partial charge on any atom is 0.135 e. The summed E-state index contributed by atoms with van der Waals surface area (Å²) in [7, 11) is 0. The van der Waals surface area contributed by atoms with E-state index in [1.54, 1.807) is 0 Å². The van der Waals surface area contributed by atoms with Gasteiger partial charge in [-0.15, -0.1) is 0 Å². The van der Waals surface area contributed by atoms with E-state index in [1.807, 2.05) is 0 Å². The molecule has 0 aliphatic rings. The fourth-order valence-corrected chi connectivity index (χ4v) is 0.363. The highest BCUT2D eigenvalue weighted by molar-refractivity contribution is 5.50. The summed E-state index contributed by atoms with van der Waals surface area (Å²) >= 11 is 0. The Balaban J connectivity index is 3.44. The van der Waals surface area contributed by atoms with Gasteiger partial charge in [-0.2, -0.15) is 0 Å². The highest BCUT2D eigenvalue weighted by atomic mass is 19.1. The predicted octanol–water partition coefficient (Wildman–Crippen LogP) is -0.733. The normalized spacial score (nSPS) is 16.8. The summed E-state index contributed by atoms with van der Waals surface area (Å²) in [6, 6.07) is 0. The van der Waals surface area contributed by atoms with E-state index < -0.39 is 18.9 Å². The zero-order valence-corrected chi connectivity index (χ0v) is 4.83. The van der Waals surface area contributed by atoms with Gasteiger partial charge in [0.15, 0.2) is 0 Å². The molecule has 2 N–H and O–H groups in total. The molecule has 0 aromatic carbocycles. The highest BCUT2D eigenvalue weighted by Crippen LogP contribution is 2.00. The largest absolute Gasteiger partial charge is 0.394 e. The maximum atomic E-state index is 12.2. The van der Waals surface area contributed by atoms with Crippen molar-refractivity contribution < 1.29 is 19.4 Å². The van der Waals surface area contributed by atoms with E-state index in [1.165, 1.54) is 0 Å². The standard InChI is InChI=1S/C5H9FO3/c6-4(1-2-7)5(9)3-8/h2,4-5,8-9H,1,3H2. The lowest BCUT2D eigenvalue weighted by Gasteiger charge is -2.08. The molecule has 0 aromatic heterocycles. The molecule has 0 aliphatic carbocycles. The molecule has 0 saturated heterocycles. The second kappa shape index (κ2) is 4.40. The van der Waals surface area contributed by atoms with Crippen molar-refractivity contribution in [1.82, 2.24) is 0 Å². The summed E-state index contributed by atoms with van der Waals surface area (Å²) in [5, 5.41) is 16.6. The van der Waals surface area contributed by atoms with E-state index in [4.69, 9.17) is 10.2 Å². The van der Waals surface area contributed by atoms with E-state index in [0.29, 0.717) is 6.29 Å². The monoisotopic (exact) mass is 136 g/mol. The first-order valence-corrected chi connectivity index (χ1v) is 2.59. The van der Waals surface area contributed by atoms with Crippen LogP contribution in [0.4, 0.5) is 4.39 Å². The number of hydrogen-bond donors (Lipinski definition) is 2. The average Bonchev–Trinajstić information content (AvgIpc) is 1.87. The minimum atomic E-state index is -1.63. The molecule has 2 atom stereocenters. The zero-order chi connectivity index (χ0) is 7.28. The molecule has 0 bridgehead atoms. The van der Waals surface area contributed by atoms with E-state index in [0.717, 1.165) is 0 Å². The third kappa shape index (κ3) is 3.16. The number of aliphatic hydroxyl groups is 2. The second-order valence-electron chi connectivity index (χ2n) is 1.67. The van der Waals surface area contributed by atoms with Crippen LogP contribution in [0.15, 0.2) is 0 Å². The first-order chi connectivity index (χ1) is 4.22. The molecule has 0 heterocycles. The van der Waals surface area contributed by atoms with Crippen molar-refractivity contribution in [3.05, 3.63) is 0 Å². The molecule has 54 valence electrons. The molecule has 0 rings (SSSR count). The minimum absolute atomic E-state index is 0.359. The summed E-state index contributed by atoms with van der Waals surface area (Å²) in [6.07, 6.45) is -3.05. The van der Waals surface area contributed by atoms with E-state index in [-0.39, 0.29) is 6.42 Å². The van der Waals surface area contributed by atoms with Crippen LogP contribution in [0.1, 0.15) is 6.42 Å². The van der Waals surface area contributed by atoms with Crippen molar-refractivity contribution in [1.29, 1.82) is 0 Å². The Hall–Kier alpha value is -0.480. The molecular formula is C5H9FO3. The first-order valence-electron chi connectivity index (χ1n) is 2.59. The molecular weight excluding hydrogens is 127 g/mol. The van der Waals surface area contributed by atoms with Gasteiger partial charge < -0.3 is 15.0 Å². The third-order valence-corrected chi connectivity index (χ3v) is 0.926. The molecule has 0 radical (unpaired) electrons. The van der Waals surface area contributed by atoms with E-state index in [2.05, 4.69) is 0 Å². The van der Waals surface area contributed by atoms with Crippen molar-refractivity contribution in [2.45, 2.75) is 18.7 Å². The molecule has 3 nitrogen and oxygen atoms in total. The lowest BCUT2D eigenvalue weighted by Crippen LogP contribution is -2.25. The van der Waals surface area contributed by atoms with Crippen LogP contribution in [0.2, 0.25) is 0 Å². The number of halogens is 1. The van der Waals surface area contributed by atoms with Crippen LogP contribution >= 0.6 is 0 Å². The Kier molecular flexibility index (Phi) is 4.17. The Morgan fingerprint density at radius 1 is 1.67 bits per heavy atom. The van der Waals surface area contributed by atoms with Crippen LogP contribution in [-0.4, -0.2) is 35.4 Å². The SMILES string of the molecule is O=CCC(F)C(O)CO. The summed E-state index contributed by atoms with van der Waals surface area (Å²) in [5.74, 6) is 0. The number of hydrogen-bond acceptors (Lipinski definition) is 3. The molecule has 0 saturated carbocycles. The maximum absolute atomic E-state index is 12.2. The number of aldehydes is 1. The summed E-state index contributed by atoms with van der Waals surface area (Å²) < 4.78 is 12.2. The van der Waals surface area contributed by atoms with Crippen LogP contribution < -0.4 is 0 Å². The van der Waals surface area contributed by atoms with Gasteiger partial charge in [0.1, 0.15) is 18.6 Å². The Morgan fingerprint density at radius 3 is 2.56 bits per heavy atom. The van der Waals surface area contributed by atoms with Crippen molar-refractivity contribution >= 4 is 6.29 Å². The summed E-state index contributed by atoms with van der Waals surface area (Å²) in [5.41, 5.74) is 0. The molecule has 4 heteroatoms. The van der Waals surface area contributed by atoms with Gasteiger partial charge in [-0.25, -0.2) is 4.39 Å². The van der Waals surface area contributed by atoms with Crippen molar-refractivity contribution in [3.63, 3.8) is 0 Å². The van der Waals surface area contributed by atoms with Gasteiger partial charge in [0.25, 0.3) is 0 Å². The van der Waals surface area contributed by atoms with Gasteiger partial charge in [-0.1, -0.05) is 0 Å². The van der Waals surface area contributed by atoms with E-state index in [9.17, 15) is 9.18 Å². The van der Waals surface area contributed by atoms with Gasteiger partial charge in [0.2, 0.25) is 0 Å². The van der Waals surface area contributed by atoms with Crippen molar-refractivity contribution in [3.8, 4) is 0 Å². The quantitative estimate of drug-likeness (QED) is 0.501. The van der Waals surface area contributed by atoms with Gasteiger partial charge in [-0.3, -0.25) is 0 Å². The third-order valence-electron chi connectivity index (χ3n) is 0.926. The zero-order valence-electron chi connectivity index (χ0n) is 4.83. The number of alkyl halides is 1. The van der Waals surface area contributed by atoms with Crippen molar-refractivity contribution in [2.24, 2.45) is 0 Å². The first kappa shape index (κ1) is 8.52. The topological polar surface area (TPSA) is 57.5 Å². The molecule has 9 heavy (non-hydrogen) atoms. The Morgan fingerprint density at radius 2 is 2.22 bits per heavy atom. The van der Waals surface area contributed by atoms with Gasteiger partial charge in [0.05, 0.1) is 6.61 Å². The van der Waals surface area contributed by atoms with Crippen LogP contribution in [0.3, 0.4) is 0 Å². The number of carbonyl (C=O) groups excluding carboxylic acids is 1. The smallest absolute Gasteiger partial charge is 0.135 e. The van der Waals surface area contributed by atoms with Gasteiger partial charge in [0, 0.05) is 6.42 Å². The molecule has 0 aliphatic heterocycles. The molecule has 0 fully saturated rings. The predicted molar refractivity (Wildman–Crippen MR) is 28.7 cm³/mol. The van der Waals surface area contributed by atoms with Crippen LogP contribution in [0, 0.1) is 0 Å². The van der Waals surface area contributed by atoms with E-state index >= 15 is 0 Å². The molecule has 2 unspecified atom stereocenters. The minimum Gasteiger partial charge on any atom is -0.394 e. The van der Waals surface area contributed by atoms with Gasteiger partial charge in [-0.05, 0) is 0 Å². The fraction of sp³-hybridized carbons (Fsp3) is 0.800. The summed E-state index contributed by atoms with van der Waals surface area (Å²) in [4.78, 5) is 9.60. The van der Waals surface area contributed by atoms with Crippen LogP contribution in [0.5, 0.6) is 0 Å². The fourth-order valence-electron chi connectivity index (χ4n) is 0.363. The molecule has 0 amide bonds. The average molecular weight is 136 g/mol.